The molecular formula is C20H20Cl3N3OS. The van der Waals surface area contributed by atoms with Gasteiger partial charge in [0.2, 0.25) is 0 Å². The van der Waals surface area contributed by atoms with Crippen molar-refractivity contribution in [3.8, 4) is 5.75 Å². The quantitative estimate of drug-likeness (QED) is 0.270. The maximum Gasteiger partial charge on any atom is 0.191 e. The number of benzene rings is 2. The molecule has 3 aromatic rings. The number of ether oxygens (including phenoxy) is 1. The van der Waals surface area contributed by atoms with Gasteiger partial charge in [0, 0.05) is 28.8 Å². The standard InChI is InChI=1S/C20H20Cl3N3OS/c1-2-26-19(7-4-10-27-18-9-8-16(22)12-17(18)23)24-25-20(26)28-13-14-5-3-6-15(21)11-14/h3,5-6,8-9,11-12H,2,4,7,10,13H2,1H3. The number of hydrogen-bond acceptors (Lipinski definition) is 4. The summed E-state index contributed by atoms with van der Waals surface area (Å²) in [4.78, 5) is 0. The van der Waals surface area contributed by atoms with Gasteiger partial charge in [0.05, 0.1) is 11.6 Å². The van der Waals surface area contributed by atoms with E-state index in [0.717, 1.165) is 46.7 Å². The maximum atomic E-state index is 6.12. The number of aromatic nitrogens is 3. The molecule has 28 heavy (non-hydrogen) atoms. The van der Waals surface area contributed by atoms with Gasteiger partial charge >= 0.3 is 0 Å². The summed E-state index contributed by atoms with van der Waals surface area (Å²) in [6.45, 7) is 3.47. The molecule has 1 aromatic heterocycles. The molecule has 0 spiro atoms. The molecule has 0 aliphatic carbocycles. The van der Waals surface area contributed by atoms with Gasteiger partial charge in [0.1, 0.15) is 11.6 Å². The Morgan fingerprint density at radius 3 is 2.61 bits per heavy atom. The first-order valence-corrected chi connectivity index (χ1v) is 11.1. The minimum atomic E-state index is 0.518. The van der Waals surface area contributed by atoms with Crippen molar-refractivity contribution in [2.45, 2.75) is 37.2 Å². The van der Waals surface area contributed by atoms with E-state index in [1.807, 2.05) is 18.2 Å². The van der Waals surface area contributed by atoms with Gasteiger partial charge in [0.15, 0.2) is 5.16 Å². The molecule has 0 saturated heterocycles. The van der Waals surface area contributed by atoms with Gasteiger partial charge in [-0.25, -0.2) is 0 Å². The van der Waals surface area contributed by atoms with Crippen LogP contribution in [0.25, 0.3) is 0 Å². The smallest absolute Gasteiger partial charge is 0.191 e. The molecule has 1 heterocycles. The lowest BCUT2D eigenvalue weighted by Gasteiger charge is -2.09. The molecule has 0 unspecified atom stereocenters. The van der Waals surface area contributed by atoms with Crippen LogP contribution in [-0.2, 0) is 18.7 Å². The molecule has 3 rings (SSSR count). The molecule has 0 saturated carbocycles. The van der Waals surface area contributed by atoms with Gasteiger partial charge < -0.3 is 9.30 Å². The number of nitrogens with zero attached hydrogens (tertiary/aromatic N) is 3. The van der Waals surface area contributed by atoms with Crippen molar-refractivity contribution < 1.29 is 4.74 Å². The third-order valence-electron chi connectivity index (χ3n) is 4.06. The van der Waals surface area contributed by atoms with Crippen molar-refractivity contribution in [3.63, 3.8) is 0 Å². The van der Waals surface area contributed by atoms with Gasteiger partial charge in [-0.2, -0.15) is 0 Å². The minimum absolute atomic E-state index is 0.518. The summed E-state index contributed by atoms with van der Waals surface area (Å²) in [6.07, 6.45) is 1.60. The highest BCUT2D eigenvalue weighted by Crippen LogP contribution is 2.28. The lowest BCUT2D eigenvalue weighted by molar-refractivity contribution is 0.309. The summed E-state index contributed by atoms with van der Waals surface area (Å²) < 4.78 is 7.89. The van der Waals surface area contributed by atoms with E-state index in [1.165, 1.54) is 0 Å². The van der Waals surface area contributed by atoms with Crippen LogP contribution in [0.2, 0.25) is 15.1 Å². The third-order valence-corrected chi connectivity index (χ3v) is 5.87. The highest BCUT2D eigenvalue weighted by molar-refractivity contribution is 7.98. The van der Waals surface area contributed by atoms with E-state index in [1.54, 1.807) is 30.0 Å². The number of rotatable bonds is 9. The van der Waals surface area contributed by atoms with E-state index in [0.29, 0.717) is 22.4 Å². The molecule has 0 fully saturated rings. The number of aryl methyl sites for hydroxylation is 1. The van der Waals surface area contributed by atoms with Gasteiger partial charge in [-0.1, -0.05) is 58.7 Å². The predicted octanol–water partition coefficient (Wildman–Crippen LogP) is 6.56. The van der Waals surface area contributed by atoms with Crippen molar-refractivity contribution >= 4 is 46.6 Å². The monoisotopic (exact) mass is 455 g/mol. The number of halogens is 3. The zero-order chi connectivity index (χ0) is 19.9. The first-order valence-electron chi connectivity index (χ1n) is 8.94. The van der Waals surface area contributed by atoms with E-state index < -0.39 is 0 Å². The minimum Gasteiger partial charge on any atom is -0.492 e. The van der Waals surface area contributed by atoms with Crippen LogP contribution in [-0.4, -0.2) is 21.4 Å². The molecule has 0 aliphatic heterocycles. The Hall–Kier alpha value is -1.40. The molecule has 0 amide bonds. The van der Waals surface area contributed by atoms with Gasteiger partial charge in [-0.15, -0.1) is 10.2 Å². The van der Waals surface area contributed by atoms with Crippen LogP contribution in [0.5, 0.6) is 5.75 Å². The SMILES string of the molecule is CCn1c(CCCOc2ccc(Cl)cc2Cl)nnc1SCc1cccc(Cl)c1. The van der Waals surface area contributed by atoms with Crippen molar-refractivity contribution in [2.24, 2.45) is 0 Å². The molecule has 4 nitrogen and oxygen atoms in total. The van der Waals surface area contributed by atoms with E-state index >= 15 is 0 Å². The van der Waals surface area contributed by atoms with Crippen LogP contribution in [0.15, 0.2) is 47.6 Å². The molecule has 0 radical (unpaired) electrons. The highest BCUT2D eigenvalue weighted by atomic mass is 35.5. The summed E-state index contributed by atoms with van der Waals surface area (Å²) >= 11 is 19.7. The van der Waals surface area contributed by atoms with Crippen molar-refractivity contribution in [1.82, 2.24) is 14.8 Å². The van der Waals surface area contributed by atoms with E-state index in [2.05, 4.69) is 27.8 Å². The summed E-state index contributed by atoms with van der Waals surface area (Å²) in [6, 6.07) is 13.1. The zero-order valence-corrected chi connectivity index (χ0v) is 18.5. The molecule has 2 aromatic carbocycles. The summed E-state index contributed by atoms with van der Waals surface area (Å²) in [5.41, 5.74) is 1.16. The first-order chi connectivity index (χ1) is 13.6. The third kappa shape index (κ3) is 5.80. The average molecular weight is 457 g/mol. The largest absolute Gasteiger partial charge is 0.492 e. The molecular weight excluding hydrogens is 437 g/mol. The van der Waals surface area contributed by atoms with Crippen LogP contribution >= 0.6 is 46.6 Å². The van der Waals surface area contributed by atoms with Crippen molar-refractivity contribution in [1.29, 1.82) is 0 Å². The fourth-order valence-corrected chi connectivity index (χ4v) is 4.35. The second-order valence-corrected chi connectivity index (χ2v) is 8.31. The maximum absolute atomic E-state index is 6.12. The Labute approximate surface area is 184 Å². The van der Waals surface area contributed by atoms with Crippen LogP contribution in [0, 0.1) is 0 Å². The first kappa shape index (κ1) is 21.3. The van der Waals surface area contributed by atoms with Gasteiger partial charge in [-0.3, -0.25) is 0 Å². The lowest BCUT2D eigenvalue weighted by Crippen LogP contribution is -2.06. The van der Waals surface area contributed by atoms with Crippen LogP contribution < -0.4 is 4.74 Å². The predicted molar refractivity (Wildman–Crippen MR) is 117 cm³/mol. The molecule has 0 atom stereocenters. The zero-order valence-electron chi connectivity index (χ0n) is 15.4. The second kappa shape index (κ2) is 10.4. The fraction of sp³-hybridized carbons (Fsp3) is 0.300. The topological polar surface area (TPSA) is 39.9 Å². The van der Waals surface area contributed by atoms with Crippen LogP contribution in [0.4, 0.5) is 0 Å². The number of thioether (sulfide) groups is 1. The van der Waals surface area contributed by atoms with Crippen LogP contribution in [0.3, 0.4) is 0 Å². The van der Waals surface area contributed by atoms with Crippen molar-refractivity contribution in [3.05, 3.63) is 68.9 Å². The van der Waals surface area contributed by atoms with Gasteiger partial charge in [0.25, 0.3) is 0 Å². The molecule has 148 valence electrons. The number of hydrogen-bond donors (Lipinski definition) is 0. The summed E-state index contributed by atoms with van der Waals surface area (Å²) in [5.74, 6) is 2.40. The Balaban J connectivity index is 1.53. The second-order valence-electron chi connectivity index (χ2n) is 6.09. The Morgan fingerprint density at radius 2 is 1.86 bits per heavy atom. The van der Waals surface area contributed by atoms with E-state index in [-0.39, 0.29) is 0 Å². The van der Waals surface area contributed by atoms with Crippen LogP contribution in [0.1, 0.15) is 24.7 Å². The Bertz CT molecular complexity index is 933. The summed E-state index contributed by atoms with van der Waals surface area (Å²) in [5, 5.41) is 11.5. The average Bonchev–Trinajstić information content (AvgIpc) is 3.07. The van der Waals surface area contributed by atoms with Crippen molar-refractivity contribution in [2.75, 3.05) is 6.61 Å². The fourth-order valence-electron chi connectivity index (χ4n) is 2.71. The molecule has 0 aliphatic rings. The van der Waals surface area contributed by atoms with E-state index in [9.17, 15) is 0 Å². The lowest BCUT2D eigenvalue weighted by atomic mass is 10.2. The Kier molecular flexibility index (Phi) is 7.91. The molecule has 0 bridgehead atoms. The Morgan fingerprint density at radius 1 is 1.04 bits per heavy atom. The molecule has 0 N–H and O–H groups in total. The highest BCUT2D eigenvalue weighted by Gasteiger charge is 2.12. The normalized spacial score (nSPS) is 11.0. The summed E-state index contributed by atoms with van der Waals surface area (Å²) in [7, 11) is 0. The van der Waals surface area contributed by atoms with Gasteiger partial charge in [-0.05, 0) is 49.2 Å². The molecule has 8 heteroatoms. The van der Waals surface area contributed by atoms with E-state index in [4.69, 9.17) is 39.5 Å².